The standard InChI is InChI=1S/C17H31N3/c1-17(14-18,19-2)11-5-6-12-20-13-7-9-15-8-3-4-10-16(15)20/h15-16,19H,3-13H2,1-2H3. The van der Waals surface area contributed by atoms with E-state index in [0.717, 1.165) is 24.8 Å². The van der Waals surface area contributed by atoms with Gasteiger partial charge in [0.25, 0.3) is 0 Å². The lowest BCUT2D eigenvalue weighted by Gasteiger charge is -2.44. The number of nitrogens with zero attached hydrogens (tertiary/aromatic N) is 2. The van der Waals surface area contributed by atoms with E-state index in [1.165, 1.54) is 58.0 Å². The van der Waals surface area contributed by atoms with Crippen LogP contribution in [0.5, 0.6) is 0 Å². The first-order valence-corrected chi connectivity index (χ1v) is 8.53. The second-order valence-corrected chi connectivity index (χ2v) is 6.94. The van der Waals surface area contributed by atoms with Gasteiger partial charge in [-0.15, -0.1) is 0 Å². The molecule has 0 amide bonds. The first-order valence-electron chi connectivity index (χ1n) is 8.53. The third-order valence-electron chi connectivity index (χ3n) is 5.53. The monoisotopic (exact) mass is 277 g/mol. The van der Waals surface area contributed by atoms with Crippen molar-refractivity contribution >= 4 is 0 Å². The number of hydrogen-bond donors (Lipinski definition) is 1. The zero-order chi connectivity index (χ0) is 14.4. The maximum atomic E-state index is 9.16. The van der Waals surface area contributed by atoms with Gasteiger partial charge in [0, 0.05) is 6.04 Å². The van der Waals surface area contributed by atoms with E-state index in [1.807, 2.05) is 14.0 Å². The first kappa shape index (κ1) is 15.8. The molecule has 3 unspecified atom stereocenters. The van der Waals surface area contributed by atoms with Crippen LogP contribution < -0.4 is 5.32 Å². The Kier molecular flexibility index (Phi) is 5.86. The predicted molar refractivity (Wildman–Crippen MR) is 83.5 cm³/mol. The molecule has 1 saturated carbocycles. The Labute approximate surface area is 124 Å². The highest BCUT2D eigenvalue weighted by atomic mass is 15.2. The molecule has 1 N–H and O–H groups in total. The highest BCUT2D eigenvalue weighted by Crippen LogP contribution is 2.35. The van der Waals surface area contributed by atoms with E-state index in [9.17, 15) is 0 Å². The summed E-state index contributed by atoms with van der Waals surface area (Å²) in [7, 11) is 1.89. The number of nitriles is 1. The van der Waals surface area contributed by atoms with Crippen LogP contribution in [0.2, 0.25) is 0 Å². The van der Waals surface area contributed by atoms with E-state index in [0.29, 0.717) is 0 Å². The molecule has 0 spiro atoms. The summed E-state index contributed by atoms with van der Waals surface area (Å²) in [5.74, 6) is 0.985. The molecule has 0 radical (unpaired) electrons. The average Bonchev–Trinajstić information content (AvgIpc) is 2.51. The van der Waals surface area contributed by atoms with Crippen molar-refractivity contribution in [3.63, 3.8) is 0 Å². The molecule has 0 aromatic rings. The molecule has 1 aliphatic heterocycles. The predicted octanol–water partition coefficient (Wildman–Crippen LogP) is 3.31. The molecule has 0 bridgehead atoms. The van der Waals surface area contributed by atoms with Gasteiger partial charge in [-0.25, -0.2) is 0 Å². The molecule has 2 rings (SSSR count). The number of fused-ring (bicyclic) bond motifs is 1. The fraction of sp³-hybridized carbons (Fsp3) is 0.941. The van der Waals surface area contributed by atoms with Crippen LogP contribution in [0.15, 0.2) is 0 Å². The number of nitrogens with one attached hydrogen (secondary N) is 1. The van der Waals surface area contributed by atoms with Gasteiger partial charge in [-0.3, -0.25) is 0 Å². The first-order chi connectivity index (χ1) is 9.68. The molecule has 1 heterocycles. The number of rotatable bonds is 6. The lowest BCUT2D eigenvalue weighted by molar-refractivity contribution is 0.0593. The molecule has 1 saturated heterocycles. The summed E-state index contributed by atoms with van der Waals surface area (Å²) in [6, 6.07) is 3.27. The molecule has 114 valence electrons. The van der Waals surface area contributed by atoms with Crippen molar-refractivity contribution in [2.75, 3.05) is 20.1 Å². The normalized spacial score (nSPS) is 30.2. The third kappa shape index (κ3) is 3.96. The minimum atomic E-state index is -0.338. The average molecular weight is 277 g/mol. The minimum absolute atomic E-state index is 0.338. The molecule has 3 heteroatoms. The lowest BCUT2D eigenvalue weighted by atomic mass is 9.78. The summed E-state index contributed by atoms with van der Waals surface area (Å²) in [5, 5.41) is 12.3. The Hall–Kier alpha value is -0.590. The zero-order valence-electron chi connectivity index (χ0n) is 13.3. The van der Waals surface area contributed by atoms with Gasteiger partial charge >= 0.3 is 0 Å². The van der Waals surface area contributed by atoms with E-state index in [4.69, 9.17) is 5.26 Å². The van der Waals surface area contributed by atoms with Crippen LogP contribution in [0, 0.1) is 17.2 Å². The summed E-state index contributed by atoms with van der Waals surface area (Å²) in [4.78, 5) is 2.76. The molecule has 0 aromatic heterocycles. The van der Waals surface area contributed by atoms with Crippen molar-refractivity contribution in [1.29, 1.82) is 5.26 Å². The fourth-order valence-corrected chi connectivity index (χ4v) is 4.04. The van der Waals surface area contributed by atoms with Crippen molar-refractivity contribution in [3.05, 3.63) is 0 Å². The Morgan fingerprint density at radius 3 is 2.70 bits per heavy atom. The van der Waals surface area contributed by atoms with Gasteiger partial charge in [-0.05, 0) is 77.9 Å². The largest absolute Gasteiger partial charge is 0.303 e. The van der Waals surface area contributed by atoms with Crippen LogP contribution in [0.4, 0.5) is 0 Å². The Balaban J connectivity index is 1.72. The third-order valence-corrected chi connectivity index (χ3v) is 5.53. The zero-order valence-corrected chi connectivity index (χ0v) is 13.3. The molecule has 0 aromatic carbocycles. The van der Waals surface area contributed by atoms with Gasteiger partial charge in [-0.2, -0.15) is 5.26 Å². The second-order valence-electron chi connectivity index (χ2n) is 6.94. The van der Waals surface area contributed by atoms with Gasteiger partial charge in [-0.1, -0.05) is 12.8 Å². The molecular weight excluding hydrogens is 246 g/mol. The van der Waals surface area contributed by atoms with Crippen molar-refractivity contribution in [1.82, 2.24) is 10.2 Å². The fourth-order valence-electron chi connectivity index (χ4n) is 4.04. The van der Waals surface area contributed by atoms with Crippen molar-refractivity contribution in [2.24, 2.45) is 5.92 Å². The van der Waals surface area contributed by atoms with E-state index in [1.54, 1.807) is 0 Å². The van der Waals surface area contributed by atoms with Crippen molar-refractivity contribution < 1.29 is 0 Å². The van der Waals surface area contributed by atoms with E-state index in [-0.39, 0.29) is 5.54 Å². The summed E-state index contributed by atoms with van der Waals surface area (Å²) < 4.78 is 0. The van der Waals surface area contributed by atoms with Crippen molar-refractivity contribution in [3.8, 4) is 6.07 Å². The second kappa shape index (κ2) is 7.43. The highest BCUT2D eigenvalue weighted by Gasteiger charge is 2.32. The quantitative estimate of drug-likeness (QED) is 0.757. The topological polar surface area (TPSA) is 39.1 Å². The van der Waals surface area contributed by atoms with Gasteiger partial charge < -0.3 is 10.2 Å². The Morgan fingerprint density at radius 1 is 1.20 bits per heavy atom. The SMILES string of the molecule is CNC(C)(C#N)CCCCN1CCCC2CCCCC21. The Morgan fingerprint density at radius 2 is 1.95 bits per heavy atom. The smallest absolute Gasteiger partial charge is 0.103 e. The van der Waals surface area contributed by atoms with Crippen LogP contribution in [-0.4, -0.2) is 36.6 Å². The number of unbranched alkanes of at least 4 members (excludes halogenated alkanes) is 1. The maximum Gasteiger partial charge on any atom is 0.103 e. The van der Waals surface area contributed by atoms with Crippen LogP contribution in [0.1, 0.15) is 64.7 Å². The Bertz CT molecular complexity index is 334. The number of hydrogen-bond acceptors (Lipinski definition) is 3. The van der Waals surface area contributed by atoms with Crippen molar-refractivity contribution in [2.45, 2.75) is 76.3 Å². The molecule has 2 fully saturated rings. The van der Waals surface area contributed by atoms with Gasteiger partial charge in [0.15, 0.2) is 0 Å². The van der Waals surface area contributed by atoms with Crippen LogP contribution in [0.3, 0.4) is 0 Å². The molecule has 1 aliphatic carbocycles. The molecular formula is C17H31N3. The summed E-state index contributed by atoms with van der Waals surface area (Å²) >= 11 is 0. The number of likely N-dealkylation sites (tertiary alicyclic amines) is 1. The lowest BCUT2D eigenvalue weighted by Crippen LogP contribution is -2.47. The number of piperidine rings is 1. The molecule has 3 atom stereocenters. The van der Waals surface area contributed by atoms with Gasteiger partial charge in [0.2, 0.25) is 0 Å². The minimum Gasteiger partial charge on any atom is -0.303 e. The van der Waals surface area contributed by atoms with E-state index in [2.05, 4.69) is 16.3 Å². The summed E-state index contributed by atoms with van der Waals surface area (Å²) in [6.45, 7) is 4.56. The van der Waals surface area contributed by atoms with Crippen LogP contribution in [-0.2, 0) is 0 Å². The molecule has 2 aliphatic rings. The van der Waals surface area contributed by atoms with Crippen LogP contribution in [0.25, 0.3) is 0 Å². The summed E-state index contributed by atoms with van der Waals surface area (Å²) in [5.41, 5.74) is -0.338. The van der Waals surface area contributed by atoms with Gasteiger partial charge in [0.05, 0.1) is 6.07 Å². The van der Waals surface area contributed by atoms with Crippen LogP contribution >= 0.6 is 0 Å². The molecule has 20 heavy (non-hydrogen) atoms. The molecule has 3 nitrogen and oxygen atoms in total. The maximum absolute atomic E-state index is 9.16. The van der Waals surface area contributed by atoms with E-state index >= 15 is 0 Å². The highest BCUT2D eigenvalue weighted by molar-refractivity contribution is 5.02. The van der Waals surface area contributed by atoms with Gasteiger partial charge in [0.1, 0.15) is 5.54 Å². The van der Waals surface area contributed by atoms with E-state index < -0.39 is 0 Å². The summed E-state index contributed by atoms with van der Waals surface area (Å²) in [6.07, 6.45) is 12.0.